The van der Waals surface area contributed by atoms with Crippen LogP contribution in [0.1, 0.15) is 41.2 Å². The number of rotatable bonds is 4. The lowest BCUT2D eigenvalue weighted by Crippen LogP contribution is -2.35. The number of aryl methyl sites for hydroxylation is 1. The van der Waals surface area contributed by atoms with E-state index in [1.807, 2.05) is 22.6 Å². The molecule has 24 heavy (non-hydrogen) atoms. The highest BCUT2D eigenvalue weighted by atomic mass is 32.1. The number of nitrogens with one attached hydrogen (secondary N) is 1. The number of thiophene rings is 1. The predicted molar refractivity (Wildman–Crippen MR) is 91.3 cm³/mol. The van der Waals surface area contributed by atoms with Crippen molar-refractivity contribution in [3.63, 3.8) is 0 Å². The average molecular weight is 348 g/mol. The molecule has 0 aliphatic carbocycles. The number of ether oxygens (including phenoxy) is 1. The zero-order valence-electron chi connectivity index (χ0n) is 13.7. The van der Waals surface area contributed by atoms with Crippen LogP contribution in [-0.4, -0.2) is 40.3 Å². The second-order valence-electron chi connectivity index (χ2n) is 5.51. The summed E-state index contributed by atoms with van der Waals surface area (Å²) in [6, 6.07) is 3.48. The number of urea groups is 1. The summed E-state index contributed by atoms with van der Waals surface area (Å²) in [5, 5.41) is 8.90. The summed E-state index contributed by atoms with van der Waals surface area (Å²) in [6.07, 6.45) is 3.62. The minimum absolute atomic E-state index is 0.00709. The number of anilines is 1. The molecule has 0 saturated carbocycles. The van der Waals surface area contributed by atoms with Crippen molar-refractivity contribution < 1.29 is 14.3 Å². The van der Waals surface area contributed by atoms with Gasteiger partial charge in [-0.1, -0.05) is 0 Å². The molecule has 3 rings (SSSR count). The Bertz CT molecular complexity index is 739. The zero-order chi connectivity index (χ0) is 17.1. The second kappa shape index (κ2) is 7.04. The fraction of sp³-hybridized carbons (Fsp3) is 0.438. The smallest absolute Gasteiger partial charge is 0.350 e. The van der Waals surface area contributed by atoms with Gasteiger partial charge in [-0.25, -0.2) is 9.59 Å². The quantitative estimate of drug-likeness (QED) is 0.861. The minimum atomic E-state index is -0.442. The molecule has 3 heterocycles. The van der Waals surface area contributed by atoms with Crippen LogP contribution in [0.4, 0.5) is 10.5 Å². The molecular formula is C16H20N4O3S. The third-order valence-electron chi connectivity index (χ3n) is 4.18. The molecule has 7 nitrogen and oxygen atoms in total. The van der Waals surface area contributed by atoms with Crippen molar-refractivity contribution in [2.75, 3.05) is 19.0 Å². The number of nitrogens with zero attached hydrogens (tertiary/aromatic N) is 3. The van der Waals surface area contributed by atoms with Crippen molar-refractivity contribution in [2.24, 2.45) is 0 Å². The van der Waals surface area contributed by atoms with Crippen LogP contribution in [0.25, 0.3) is 0 Å². The normalized spacial score (nSPS) is 17.1. The van der Waals surface area contributed by atoms with Crippen molar-refractivity contribution in [3.05, 3.63) is 34.3 Å². The van der Waals surface area contributed by atoms with Crippen LogP contribution in [0.15, 0.2) is 23.7 Å². The number of carbonyl (C=O) groups excluding carboxylic acids is 2. The Labute approximate surface area is 144 Å². The first-order valence-electron chi connectivity index (χ1n) is 7.90. The van der Waals surface area contributed by atoms with Gasteiger partial charge in [-0.05, 0) is 37.3 Å². The van der Waals surface area contributed by atoms with Gasteiger partial charge in [-0.2, -0.15) is 5.10 Å². The standard InChI is InChI=1S/C16H20N4O3S/c1-3-20-13(6-8-17-20)12-5-4-9-19(12)16(22)18-11-7-10-24-14(11)15(21)23-2/h6-8,10,12H,3-5,9H2,1-2H3,(H,18,22)/t12-/m0/s1. The number of amides is 2. The van der Waals surface area contributed by atoms with E-state index in [9.17, 15) is 9.59 Å². The first kappa shape index (κ1) is 16.5. The Hall–Kier alpha value is -2.35. The molecule has 0 unspecified atom stereocenters. The van der Waals surface area contributed by atoms with Gasteiger partial charge in [0.25, 0.3) is 0 Å². The fourth-order valence-corrected chi connectivity index (χ4v) is 3.82. The molecular weight excluding hydrogens is 328 g/mol. The molecule has 1 saturated heterocycles. The summed E-state index contributed by atoms with van der Waals surface area (Å²) in [4.78, 5) is 26.7. The number of hydrogen-bond acceptors (Lipinski definition) is 5. The van der Waals surface area contributed by atoms with Crippen molar-refractivity contribution >= 4 is 29.0 Å². The van der Waals surface area contributed by atoms with Crippen LogP contribution in [0, 0.1) is 0 Å². The molecule has 1 fully saturated rings. The maximum absolute atomic E-state index is 12.7. The number of aromatic nitrogens is 2. The van der Waals surface area contributed by atoms with Crippen molar-refractivity contribution in [3.8, 4) is 0 Å². The van der Waals surface area contributed by atoms with Crippen LogP contribution in [0.2, 0.25) is 0 Å². The Morgan fingerprint density at radius 1 is 1.46 bits per heavy atom. The number of esters is 1. The van der Waals surface area contributed by atoms with E-state index < -0.39 is 5.97 Å². The largest absolute Gasteiger partial charge is 0.465 e. The maximum Gasteiger partial charge on any atom is 0.350 e. The lowest BCUT2D eigenvalue weighted by atomic mass is 10.1. The Morgan fingerprint density at radius 3 is 3.04 bits per heavy atom. The highest BCUT2D eigenvalue weighted by Gasteiger charge is 2.32. The second-order valence-corrected chi connectivity index (χ2v) is 6.42. The van der Waals surface area contributed by atoms with E-state index in [0.29, 0.717) is 17.1 Å². The molecule has 0 spiro atoms. The molecule has 0 radical (unpaired) electrons. The van der Waals surface area contributed by atoms with E-state index in [1.165, 1.54) is 18.4 Å². The summed E-state index contributed by atoms with van der Waals surface area (Å²) >= 11 is 1.25. The van der Waals surface area contributed by atoms with Gasteiger partial charge in [0.05, 0.1) is 24.5 Å². The fourth-order valence-electron chi connectivity index (χ4n) is 3.05. The molecule has 1 aliphatic rings. The monoisotopic (exact) mass is 348 g/mol. The summed E-state index contributed by atoms with van der Waals surface area (Å²) in [5.74, 6) is -0.442. The maximum atomic E-state index is 12.7. The van der Waals surface area contributed by atoms with E-state index >= 15 is 0 Å². The van der Waals surface area contributed by atoms with E-state index in [4.69, 9.17) is 4.74 Å². The van der Waals surface area contributed by atoms with Gasteiger partial charge in [-0.15, -0.1) is 11.3 Å². The van der Waals surface area contributed by atoms with Crippen LogP contribution in [-0.2, 0) is 11.3 Å². The first-order valence-corrected chi connectivity index (χ1v) is 8.78. The molecule has 2 amide bonds. The van der Waals surface area contributed by atoms with Crippen LogP contribution in [0.3, 0.4) is 0 Å². The van der Waals surface area contributed by atoms with Crippen molar-refractivity contribution in [2.45, 2.75) is 32.4 Å². The van der Waals surface area contributed by atoms with Crippen molar-refractivity contribution in [1.82, 2.24) is 14.7 Å². The van der Waals surface area contributed by atoms with Crippen LogP contribution < -0.4 is 5.32 Å². The predicted octanol–water partition coefficient (Wildman–Crippen LogP) is 3.12. The SMILES string of the molecule is CCn1nccc1[C@@H]1CCCN1C(=O)Nc1ccsc1C(=O)OC. The average Bonchev–Trinajstić information content (AvgIpc) is 3.32. The number of methoxy groups -OCH3 is 1. The van der Waals surface area contributed by atoms with E-state index in [1.54, 1.807) is 17.6 Å². The van der Waals surface area contributed by atoms with E-state index in [0.717, 1.165) is 25.1 Å². The molecule has 8 heteroatoms. The molecule has 0 bridgehead atoms. The molecule has 1 N–H and O–H groups in total. The highest BCUT2D eigenvalue weighted by molar-refractivity contribution is 7.12. The first-order chi connectivity index (χ1) is 11.7. The van der Waals surface area contributed by atoms with Crippen LogP contribution >= 0.6 is 11.3 Å². The highest BCUT2D eigenvalue weighted by Crippen LogP contribution is 2.33. The van der Waals surface area contributed by atoms with Gasteiger partial charge < -0.3 is 15.0 Å². The van der Waals surface area contributed by atoms with Gasteiger partial charge in [0.2, 0.25) is 0 Å². The van der Waals surface area contributed by atoms with Gasteiger partial charge in [0, 0.05) is 19.3 Å². The number of likely N-dealkylation sites (tertiary alicyclic amines) is 1. The van der Waals surface area contributed by atoms with Gasteiger partial charge in [0.15, 0.2) is 0 Å². The van der Waals surface area contributed by atoms with Gasteiger partial charge >= 0.3 is 12.0 Å². The molecule has 128 valence electrons. The summed E-state index contributed by atoms with van der Waals surface area (Å²) in [6.45, 7) is 3.48. The molecule has 0 aromatic carbocycles. The Kier molecular flexibility index (Phi) is 4.84. The molecule has 2 aromatic rings. The molecule has 1 aliphatic heterocycles. The third kappa shape index (κ3) is 3.01. The topological polar surface area (TPSA) is 76.5 Å². The zero-order valence-corrected chi connectivity index (χ0v) is 14.5. The van der Waals surface area contributed by atoms with Gasteiger partial charge in [0.1, 0.15) is 4.88 Å². The summed E-state index contributed by atoms with van der Waals surface area (Å²) in [5.41, 5.74) is 1.54. The summed E-state index contributed by atoms with van der Waals surface area (Å²) in [7, 11) is 1.33. The third-order valence-corrected chi connectivity index (χ3v) is 5.08. The Balaban J connectivity index is 1.77. The lowest BCUT2D eigenvalue weighted by Gasteiger charge is -2.25. The summed E-state index contributed by atoms with van der Waals surface area (Å²) < 4.78 is 6.66. The minimum Gasteiger partial charge on any atom is -0.465 e. The van der Waals surface area contributed by atoms with Crippen LogP contribution in [0.5, 0.6) is 0 Å². The van der Waals surface area contributed by atoms with Gasteiger partial charge in [-0.3, -0.25) is 4.68 Å². The van der Waals surface area contributed by atoms with E-state index in [-0.39, 0.29) is 12.1 Å². The Morgan fingerprint density at radius 2 is 2.29 bits per heavy atom. The molecule has 1 atom stereocenters. The lowest BCUT2D eigenvalue weighted by molar-refractivity contribution is 0.0607. The molecule has 2 aromatic heterocycles. The van der Waals surface area contributed by atoms with Crippen molar-refractivity contribution in [1.29, 1.82) is 0 Å². The number of hydrogen-bond donors (Lipinski definition) is 1. The van der Waals surface area contributed by atoms with E-state index in [2.05, 4.69) is 10.4 Å². The number of carbonyl (C=O) groups is 2.